The minimum Gasteiger partial charge on any atom is -0.370 e. The molecule has 0 amide bonds. The zero-order valence-electron chi connectivity index (χ0n) is 9.08. The van der Waals surface area contributed by atoms with Crippen LogP contribution in [0.5, 0.6) is 0 Å². The van der Waals surface area contributed by atoms with Crippen molar-refractivity contribution in [3.8, 4) is 0 Å². The summed E-state index contributed by atoms with van der Waals surface area (Å²) in [6, 6.07) is 6.89. The van der Waals surface area contributed by atoms with Gasteiger partial charge in [0.2, 0.25) is 0 Å². The molecule has 0 saturated carbocycles. The smallest absolute Gasteiger partial charge is 0.0925 e. The van der Waals surface area contributed by atoms with Crippen molar-refractivity contribution in [3.63, 3.8) is 0 Å². The van der Waals surface area contributed by atoms with Crippen LogP contribution >= 0.6 is 11.8 Å². The highest BCUT2D eigenvalue weighted by atomic mass is 32.2. The summed E-state index contributed by atoms with van der Waals surface area (Å²) in [5.74, 6) is 1.28. The van der Waals surface area contributed by atoms with E-state index in [1.165, 1.54) is 41.0 Å². The van der Waals surface area contributed by atoms with Gasteiger partial charge >= 0.3 is 0 Å². The third kappa shape index (κ3) is 1.60. The van der Waals surface area contributed by atoms with Gasteiger partial charge in [0.05, 0.1) is 12.2 Å². The molecule has 80 valence electrons. The number of benzene rings is 1. The number of rotatable bonds is 1. The molecular formula is C13H16OS. The van der Waals surface area contributed by atoms with E-state index in [-0.39, 0.29) is 5.60 Å². The lowest BCUT2D eigenvalue weighted by molar-refractivity contribution is -0.140. The van der Waals surface area contributed by atoms with Crippen LogP contribution in [0, 0.1) is 0 Å². The molecule has 1 atom stereocenters. The molecule has 2 aliphatic heterocycles. The summed E-state index contributed by atoms with van der Waals surface area (Å²) in [4.78, 5) is 1.48. The summed E-state index contributed by atoms with van der Waals surface area (Å²) in [6.45, 7) is 3.12. The van der Waals surface area contributed by atoms with Gasteiger partial charge in [-0.1, -0.05) is 12.1 Å². The van der Waals surface area contributed by atoms with Gasteiger partial charge in [-0.15, -0.1) is 11.8 Å². The van der Waals surface area contributed by atoms with Crippen molar-refractivity contribution in [2.75, 3.05) is 12.4 Å². The number of hydrogen-bond acceptors (Lipinski definition) is 2. The molecule has 0 bridgehead atoms. The number of thioether (sulfide) groups is 1. The lowest BCUT2D eigenvalue weighted by Crippen LogP contribution is -2.37. The predicted octanol–water partition coefficient (Wildman–Crippen LogP) is 3.36. The van der Waals surface area contributed by atoms with Gasteiger partial charge in [0, 0.05) is 11.3 Å². The molecule has 0 N–H and O–H groups in total. The molecule has 1 saturated heterocycles. The first-order chi connectivity index (χ1) is 7.28. The topological polar surface area (TPSA) is 9.23 Å². The van der Waals surface area contributed by atoms with Gasteiger partial charge < -0.3 is 4.74 Å². The van der Waals surface area contributed by atoms with Crippen LogP contribution < -0.4 is 0 Å². The fourth-order valence-electron chi connectivity index (χ4n) is 2.33. The Bertz CT molecular complexity index is 382. The maximum absolute atomic E-state index is 5.69. The fourth-order valence-corrected chi connectivity index (χ4v) is 3.34. The van der Waals surface area contributed by atoms with E-state index in [2.05, 4.69) is 25.1 Å². The maximum atomic E-state index is 5.69. The van der Waals surface area contributed by atoms with E-state index in [9.17, 15) is 0 Å². The Morgan fingerprint density at radius 2 is 2.27 bits per heavy atom. The normalized spacial score (nSPS) is 29.4. The average Bonchev–Trinajstić information content (AvgIpc) is 2.25. The fraction of sp³-hybridized carbons (Fsp3) is 0.538. The van der Waals surface area contributed by atoms with E-state index in [4.69, 9.17) is 4.74 Å². The number of hydrogen-bond donors (Lipinski definition) is 0. The lowest BCUT2D eigenvalue weighted by atomic mass is 9.87. The van der Waals surface area contributed by atoms with E-state index >= 15 is 0 Å². The van der Waals surface area contributed by atoms with Crippen molar-refractivity contribution in [3.05, 3.63) is 29.3 Å². The van der Waals surface area contributed by atoms with Crippen LogP contribution in [0.4, 0.5) is 0 Å². The van der Waals surface area contributed by atoms with Crippen molar-refractivity contribution in [1.29, 1.82) is 0 Å². The molecule has 1 aromatic carbocycles. The summed E-state index contributed by atoms with van der Waals surface area (Å²) in [5.41, 5.74) is 2.91. The van der Waals surface area contributed by atoms with Crippen molar-refractivity contribution < 1.29 is 4.74 Å². The number of aryl methyl sites for hydroxylation is 1. The summed E-state index contributed by atoms with van der Waals surface area (Å²) >= 11 is 1.99. The summed E-state index contributed by atoms with van der Waals surface area (Å²) < 4.78 is 5.69. The van der Waals surface area contributed by atoms with E-state index in [1.54, 1.807) is 0 Å². The molecule has 1 aromatic rings. The Morgan fingerprint density at radius 3 is 3.00 bits per heavy atom. The second-order valence-electron chi connectivity index (χ2n) is 4.60. The van der Waals surface area contributed by atoms with Gasteiger partial charge in [0.1, 0.15) is 0 Å². The second-order valence-corrected chi connectivity index (χ2v) is 5.74. The standard InChI is InChI=1S/C13H16OS/c1-13(6-7-14-13)11-4-5-12-10(9-11)3-2-8-15-12/h4-5,9H,2-3,6-8H2,1H3. The molecule has 3 rings (SSSR count). The van der Waals surface area contributed by atoms with Crippen molar-refractivity contribution in [2.45, 2.75) is 36.7 Å². The molecule has 1 nitrogen and oxygen atoms in total. The molecule has 0 spiro atoms. The summed E-state index contributed by atoms with van der Waals surface area (Å²) in [5, 5.41) is 0. The lowest BCUT2D eigenvalue weighted by Gasteiger charge is -2.39. The van der Waals surface area contributed by atoms with Gasteiger partial charge in [-0.2, -0.15) is 0 Å². The maximum Gasteiger partial charge on any atom is 0.0925 e. The van der Waals surface area contributed by atoms with Gasteiger partial charge in [0.15, 0.2) is 0 Å². The molecule has 15 heavy (non-hydrogen) atoms. The first-order valence-electron chi connectivity index (χ1n) is 5.68. The van der Waals surface area contributed by atoms with Gasteiger partial charge in [-0.05, 0) is 42.7 Å². The minimum atomic E-state index is 0.0111. The summed E-state index contributed by atoms with van der Waals surface area (Å²) in [7, 11) is 0. The van der Waals surface area contributed by atoms with Crippen molar-refractivity contribution in [1.82, 2.24) is 0 Å². The van der Waals surface area contributed by atoms with Gasteiger partial charge in [-0.25, -0.2) is 0 Å². The Balaban J connectivity index is 1.97. The van der Waals surface area contributed by atoms with Crippen LogP contribution in [0.2, 0.25) is 0 Å². The number of ether oxygens (including phenoxy) is 1. The largest absolute Gasteiger partial charge is 0.370 e. The Labute approximate surface area is 95.2 Å². The van der Waals surface area contributed by atoms with Crippen LogP contribution in [-0.4, -0.2) is 12.4 Å². The molecule has 2 aliphatic rings. The van der Waals surface area contributed by atoms with Gasteiger partial charge in [-0.3, -0.25) is 0 Å². The quantitative estimate of drug-likeness (QED) is 0.717. The molecule has 2 heteroatoms. The molecule has 1 unspecified atom stereocenters. The zero-order chi connectivity index (χ0) is 10.3. The van der Waals surface area contributed by atoms with Crippen molar-refractivity contribution >= 4 is 11.8 Å². The van der Waals surface area contributed by atoms with Crippen LogP contribution in [0.15, 0.2) is 23.1 Å². The van der Waals surface area contributed by atoms with Crippen LogP contribution in [-0.2, 0) is 16.8 Å². The second kappa shape index (κ2) is 3.53. The highest BCUT2D eigenvalue weighted by Gasteiger charge is 2.35. The van der Waals surface area contributed by atoms with E-state index < -0.39 is 0 Å². The third-order valence-corrected chi connectivity index (χ3v) is 4.72. The number of fused-ring (bicyclic) bond motifs is 1. The van der Waals surface area contributed by atoms with Crippen LogP contribution in [0.3, 0.4) is 0 Å². The predicted molar refractivity (Wildman–Crippen MR) is 63.4 cm³/mol. The zero-order valence-corrected chi connectivity index (χ0v) is 9.90. The van der Waals surface area contributed by atoms with Gasteiger partial charge in [0.25, 0.3) is 0 Å². The van der Waals surface area contributed by atoms with E-state index in [0.717, 1.165) is 6.61 Å². The SMILES string of the molecule is CC1(c2ccc3c(c2)CCCS3)CCO1. The highest BCUT2D eigenvalue weighted by Crippen LogP contribution is 2.39. The first kappa shape index (κ1) is 9.73. The van der Waals surface area contributed by atoms with E-state index in [1.807, 2.05) is 11.8 Å². The van der Waals surface area contributed by atoms with Crippen molar-refractivity contribution in [2.24, 2.45) is 0 Å². The highest BCUT2D eigenvalue weighted by molar-refractivity contribution is 7.99. The molecule has 0 aromatic heterocycles. The Morgan fingerprint density at radius 1 is 1.40 bits per heavy atom. The molecule has 0 radical (unpaired) electrons. The van der Waals surface area contributed by atoms with E-state index in [0.29, 0.717) is 0 Å². The monoisotopic (exact) mass is 220 g/mol. The average molecular weight is 220 g/mol. The summed E-state index contributed by atoms with van der Waals surface area (Å²) in [6.07, 6.45) is 3.73. The minimum absolute atomic E-state index is 0.0111. The Hall–Kier alpha value is -0.470. The Kier molecular flexibility index (Phi) is 2.29. The van der Waals surface area contributed by atoms with Crippen LogP contribution in [0.25, 0.3) is 0 Å². The molecule has 1 fully saturated rings. The van der Waals surface area contributed by atoms with Crippen LogP contribution in [0.1, 0.15) is 30.9 Å². The third-order valence-electron chi connectivity index (χ3n) is 3.52. The molecular weight excluding hydrogens is 204 g/mol. The first-order valence-corrected chi connectivity index (χ1v) is 6.67. The molecule has 2 heterocycles. The molecule has 0 aliphatic carbocycles.